The van der Waals surface area contributed by atoms with Gasteiger partial charge in [-0.1, -0.05) is 30.3 Å². The van der Waals surface area contributed by atoms with Gasteiger partial charge in [0.1, 0.15) is 5.75 Å². The summed E-state index contributed by atoms with van der Waals surface area (Å²) >= 11 is 0. The second-order valence-electron chi connectivity index (χ2n) is 5.94. The number of hydrogen-bond donors (Lipinski definition) is 0. The Hall–Kier alpha value is -2.00. The molecule has 1 heterocycles. The van der Waals surface area contributed by atoms with E-state index in [4.69, 9.17) is 4.74 Å². The number of piperazine rings is 1. The molecule has 3 nitrogen and oxygen atoms in total. The number of hydrogen-bond acceptors (Lipinski definition) is 3. The number of methoxy groups -OCH3 is 1. The van der Waals surface area contributed by atoms with E-state index in [1.165, 1.54) is 16.8 Å². The van der Waals surface area contributed by atoms with E-state index in [0.717, 1.165) is 38.3 Å². The van der Waals surface area contributed by atoms with Crippen molar-refractivity contribution in [3.05, 3.63) is 59.7 Å². The van der Waals surface area contributed by atoms with E-state index < -0.39 is 0 Å². The van der Waals surface area contributed by atoms with Crippen molar-refractivity contribution >= 4 is 5.69 Å². The molecule has 3 rings (SSSR count). The average Bonchev–Trinajstić information content (AvgIpc) is 2.57. The van der Waals surface area contributed by atoms with Crippen molar-refractivity contribution in [3.63, 3.8) is 0 Å². The van der Waals surface area contributed by atoms with E-state index in [1.807, 2.05) is 12.1 Å². The molecule has 3 heteroatoms. The van der Waals surface area contributed by atoms with Gasteiger partial charge in [0.05, 0.1) is 7.11 Å². The smallest absolute Gasteiger partial charge is 0.118 e. The summed E-state index contributed by atoms with van der Waals surface area (Å²) < 4.78 is 5.24. The quantitative estimate of drug-likeness (QED) is 0.862. The molecule has 1 aliphatic rings. The number of ether oxygens (including phenoxy) is 1. The van der Waals surface area contributed by atoms with Crippen LogP contribution in [0.25, 0.3) is 0 Å². The van der Waals surface area contributed by atoms with Crippen LogP contribution in [0.3, 0.4) is 0 Å². The minimum Gasteiger partial charge on any atom is -0.497 e. The number of rotatable bonds is 4. The molecule has 22 heavy (non-hydrogen) atoms. The molecule has 2 aromatic carbocycles. The van der Waals surface area contributed by atoms with Crippen LogP contribution >= 0.6 is 0 Å². The molecule has 1 fully saturated rings. The minimum absolute atomic E-state index is 0.913. The molecule has 0 radical (unpaired) electrons. The summed E-state index contributed by atoms with van der Waals surface area (Å²) in [5.74, 6) is 0.913. The second kappa shape index (κ2) is 6.84. The van der Waals surface area contributed by atoms with Crippen molar-refractivity contribution in [2.75, 3.05) is 45.2 Å². The second-order valence-corrected chi connectivity index (χ2v) is 5.94. The van der Waals surface area contributed by atoms with E-state index in [0.29, 0.717) is 0 Å². The van der Waals surface area contributed by atoms with Crippen molar-refractivity contribution in [3.8, 4) is 5.75 Å². The van der Waals surface area contributed by atoms with Crippen LogP contribution in [0.15, 0.2) is 48.5 Å². The van der Waals surface area contributed by atoms with E-state index in [-0.39, 0.29) is 0 Å². The molecule has 0 aliphatic carbocycles. The fourth-order valence-corrected chi connectivity index (χ4v) is 2.98. The first-order chi connectivity index (χ1) is 10.8. The number of para-hydroxylation sites is 1. The zero-order valence-corrected chi connectivity index (χ0v) is 13.5. The highest BCUT2D eigenvalue weighted by Crippen LogP contribution is 2.25. The van der Waals surface area contributed by atoms with Crippen LogP contribution in [0.2, 0.25) is 0 Å². The van der Waals surface area contributed by atoms with Gasteiger partial charge < -0.3 is 14.5 Å². The zero-order chi connectivity index (χ0) is 15.4. The Morgan fingerprint density at radius 3 is 2.27 bits per heavy atom. The van der Waals surface area contributed by atoms with Crippen molar-refractivity contribution in [1.29, 1.82) is 0 Å². The van der Waals surface area contributed by atoms with Gasteiger partial charge in [-0.3, -0.25) is 0 Å². The minimum atomic E-state index is 0.913. The Morgan fingerprint density at radius 2 is 1.59 bits per heavy atom. The summed E-state index contributed by atoms with van der Waals surface area (Å²) in [5, 5.41) is 0. The predicted molar refractivity (Wildman–Crippen MR) is 92.0 cm³/mol. The van der Waals surface area contributed by atoms with E-state index in [2.05, 4.69) is 53.2 Å². The van der Waals surface area contributed by atoms with Gasteiger partial charge in [-0.25, -0.2) is 0 Å². The van der Waals surface area contributed by atoms with Gasteiger partial charge in [0, 0.05) is 31.9 Å². The molecule has 0 spiro atoms. The standard InChI is InChI=1S/C19H24N2O/c1-20-11-13-21(14-12-20)19-6-4-3-5-17(19)15-16-7-9-18(22-2)10-8-16/h3-10H,11-15H2,1-2H3. The van der Waals surface area contributed by atoms with Gasteiger partial charge in [0.15, 0.2) is 0 Å². The predicted octanol–water partition coefficient (Wildman–Crippen LogP) is 3.04. The molecule has 0 unspecified atom stereocenters. The SMILES string of the molecule is COc1ccc(Cc2ccccc2N2CCN(C)CC2)cc1. The molecule has 116 valence electrons. The molecular formula is C19H24N2O. The summed E-state index contributed by atoms with van der Waals surface area (Å²) in [6.07, 6.45) is 0.965. The van der Waals surface area contributed by atoms with E-state index >= 15 is 0 Å². The molecular weight excluding hydrogens is 272 g/mol. The van der Waals surface area contributed by atoms with Crippen LogP contribution in [-0.4, -0.2) is 45.2 Å². The van der Waals surface area contributed by atoms with Gasteiger partial charge >= 0.3 is 0 Å². The highest BCUT2D eigenvalue weighted by molar-refractivity contribution is 5.55. The van der Waals surface area contributed by atoms with Crippen molar-refractivity contribution in [2.24, 2.45) is 0 Å². The molecule has 0 saturated carbocycles. The topological polar surface area (TPSA) is 15.7 Å². The summed E-state index contributed by atoms with van der Waals surface area (Å²) in [5.41, 5.74) is 4.10. The fourth-order valence-electron chi connectivity index (χ4n) is 2.98. The summed E-state index contributed by atoms with van der Waals surface area (Å²) in [6.45, 7) is 4.49. The van der Waals surface area contributed by atoms with Crippen LogP contribution in [0.1, 0.15) is 11.1 Å². The number of likely N-dealkylation sites (N-methyl/N-ethyl adjacent to an activating group) is 1. The van der Waals surface area contributed by atoms with E-state index in [9.17, 15) is 0 Å². The van der Waals surface area contributed by atoms with Crippen molar-refractivity contribution in [1.82, 2.24) is 4.90 Å². The Morgan fingerprint density at radius 1 is 0.909 bits per heavy atom. The largest absolute Gasteiger partial charge is 0.497 e. The zero-order valence-electron chi connectivity index (χ0n) is 13.5. The molecule has 0 N–H and O–H groups in total. The first kappa shape index (κ1) is 14.9. The monoisotopic (exact) mass is 296 g/mol. The van der Waals surface area contributed by atoms with Gasteiger partial charge in [-0.15, -0.1) is 0 Å². The number of anilines is 1. The highest BCUT2D eigenvalue weighted by Gasteiger charge is 2.16. The van der Waals surface area contributed by atoms with Gasteiger partial charge in [0.25, 0.3) is 0 Å². The molecule has 0 amide bonds. The van der Waals surface area contributed by atoms with Gasteiger partial charge in [-0.2, -0.15) is 0 Å². The van der Waals surface area contributed by atoms with Crippen LogP contribution in [0.4, 0.5) is 5.69 Å². The maximum Gasteiger partial charge on any atom is 0.118 e. The van der Waals surface area contributed by atoms with Crippen LogP contribution in [0.5, 0.6) is 5.75 Å². The Labute approximate surface area is 133 Å². The van der Waals surface area contributed by atoms with Crippen LogP contribution in [0, 0.1) is 0 Å². The molecule has 0 atom stereocenters. The third-order valence-electron chi connectivity index (χ3n) is 4.39. The maximum absolute atomic E-state index is 5.24. The summed E-state index contributed by atoms with van der Waals surface area (Å²) in [7, 11) is 3.90. The number of nitrogens with zero attached hydrogens (tertiary/aromatic N) is 2. The lowest BCUT2D eigenvalue weighted by Gasteiger charge is -2.35. The lowest BCUT2D eigenvalue weighted by molar-refractivity contribution is 0.312. The molecule has 0 aromatic heterocycles. The molecule has 1 aliphatic heterocycles. The van der Waals surface area contributed by atoms with Crippen molar-refractivity contribution in [2.45, 2.75) is 6.42 Å². The molecule has 1 saturated heterocycles. The third kappa shape index (κ3) is 3.42. The molecule has 0 bridgehead atoms. The van der Waals surface area contributed by atoms with Crippen LogP contribution in [-0.2, 0) is 6.42 Å². The lowest BCUT2D eigenvalue weighted by atomic mass is 10.0. The highest BCUT2D eigenvalue weighted by atomic mass is 16.5. The average molecular weight is 296 g/mol. The van der Waals surface area contributed by atoms with Crippen LogP contribution < -0.4 is 9.64 Å². The molecule has 2 aromatic rings. The number of benzene rings is 2. The Bertz CT molecular complexity index is 601. The Kier molecular flexibility index (Phi) is 4.64. The lowest BCUT2D eigenvalue weighted by Crippen LogP contribution is -2.44. The van der Waals surface area contributed by atoms with E-state index in [1.54, 1.807) is 7.11 Å². The van der Waals surface area contributed by atoms with Crippen molar-refractivity contribution < 1.29 is 4.74 Å². The fraction of sp³-hybridized carbons (Fsp3) is 0.368. The van der Waals surface area contributed by atoms with Gasteiger partial charge in [-0.05, 0) is 42.8 Å². The maximum atomic E-state index is 5.24. The summed E-state index contributed by atoms with van der Waals surface area (Å²) in [4.78, 5) is 4.90. The normalized spacial score (nSPS) is 15.8. The Balaban J connectivity index is 1.78. The first-order valence-electron chi connectivity index (χ1n) is 7.90. The summed E-state index contributed by atoms with van der Waals surface area (Å²) in [6, 6.07) is 17.2. The first-order valence-corrected chi connectivity index (χ1v) is 7.90. The van der Waals surface area contributed by atoms with Gasteiger partial charge in [0.2, 0.25) is 0 Å². The third-order valence-corrected chi connectivity index (χ3v) is 4.39.